The molecule has 2 saturated heterocycles. The molecule has 2 aromatic rings. The van der Waals surface area contributed by atoms with Crippen molar-refractivity contribution in [1.29, 1.82) is 0 Å². The summed E-state index contributed by atoms with van der Waals surface area (Å²) < 4.78 is 0. The third-order valence-electron chi connectivity index (χ3n) is 5.87. The number of phenolic OH excluding ortho intramolecular Hbond substituents is 1. The molecular formula is C21H24N4O3. The summed E-state index contributed by atoms with van der Waals surface area (Å²) in [5.41, 5.74) is 1.13. The summed E-state index contributed by atoms with van der Waals surface area (Å²) in [7, 11) is 1.73. The Labute approximate surface area is 164 Å². The highest BCUT2D eigenvalue weighted by molar-refractivity contribution is 6.06. The Bertz CT molecular complexity index is 878. The highest BCUT2D eigenvalue weighted by Crippen LogP contribution is 2.37. The molecule has 7 heteroatoms. The van der Waals surface area contributed by atoms with E-state index in [1.165, 1.54) is 4.90 Å². The first-order valence-electron chi connectivity index (χ1n) is 9.48. The molecule has 4 rings (SSSR count). The zero-order valence-electron chi connectivity index (χ0n) is 15.9. The Morgan fingerprint density at radius 2 is 1.82 bits per heavy atom. The van der Waals surface area contributed by atoms with Crippen LogP contribution in [0.3, 0.4) is 0 Å². The van der Waals surface area contributed by atoms with E-state index >= 15 is 0 Å². The van der Waals surface area contributed by atoms with Crippen molar-refractivity contribution in [3.8, 4) is 5.75 Å². The summed E-state index contributed by atoms with van der Waals surface area (Å²) in [6, 6.07) is 10.7. The zero-order valence-corrected chi connectivity index (χ0v) is 15.9. The molecule has 0 unspecified atom stereocenters. The maximum Gasteiger partial charge on any atom is 0.327 e. The van der Waals surface area contributed by atoms with Gasteiger partial charge in [0.05, 0.1) is 6.54 Å². The number of aromatic nitrogens is 1. The van der Waals surface area contributed by atoms with Crippen molar-refractivity contribution in [2.45, 2.75) is 31.5 Å². The first kappa shape index (κ1) is 18.4. The van der Waals surface area contributed by atoms with Gasteiger partial charge in [0.2, 0.25) is 0 Å². The molecular weight excluding hydrogens is 356 g/mol. The van der Waals surface area contributed by atoms with Crippen LogP contribution in [0.4, 0.5) is 4.79 Å². The number of benzene rings is 1. The third-order valence-corrected chi connectivity index (χ3v) is 5.87. The van der Waals surface area contributed by atoms with E-state index in [0.717, 1.165) is 30.8 Å². The predicted octanol–water partition coefficient (Wildman–Crippen LogP) is 2.22. The molecule has 1 aromatic heterocycles. The number of pyridine rings is 1. The molecule has 1 spiro atoms. The van der Waals surface area contributed by atoms with Crippen LogP contribution in [0.25, 0.3) is 0 Å². The van der Waals surface area contributed by atoms with E-state index in [1.807, 2.05) is 18.2 Å². The molecule has 146 valence electrons. The van der Waals surface area contributed by atoms with Gasteiger partial charge in [-0.2, -0.15) is 0 Å². The molecule has 2 aliphatic rings. The van der Waals surface area contributed by atoms with Gasteiger partial charge in [-0.1, -0.05) is 18.2 Å². The van der Waals surface area contributed by atoms with Gasteiger partial charge in [-0.3, -0.25) is 19.6 Å². The van der Waals surface area contributed by atoms with Crippen molar-refractivity contribution in [2.24, 2.45) is 0 Å². The Morgan fingerprint density at radius 1 is 1.07 bits per heavy atom. The van der Waals surface area contributed by atoms with Crippen molar-refractivity contribution in [3.63, 3.8) is 0 Å². The number of urea groups is 1. The number of nitrogens with zero attached hydrogens (tertiary/aromatic N) is 4. The maximum absolute atomic E-state index is 13.2. The second kappa shape index (κ2) is 7.24. The van der Waals surface area contributed by atoms with Gasteiger partial charge in [0, 0.05) is 39.1 Å². The fourth-order valence-corrected chi connectivity index (χ4v) is 4.20. The predicted molar refractivity (Wildman–Crippen MR) is 103 cm³/mol. The minimum absolute atomic E-state index is 0.110. The lowest BCUT2D eigenvalue weighted by Crippen LogP contribution is -2.55. The second-order valence-electron chi connectivity index (χ2n) is 7.57. The Kier molecular flexibility index (Phi) is 4.77. The van der Waals surface area contributed by atoms with Crippen LogP contribution >= 0.6 is 0 Å². The topological polar surface area (TPSA) is 77.0 Å². The SMILES string of the molecule is CN1C(=O)N(Cc2cccnc2)C(=O)C12CCN(Cc1cccc(O)c1)CC2. The number of phenols is 1. The van der Waals surface area contributed by atoms with Crippen LogP contribution in [0.5, 0.6) is 5.75 Å². The van der Waals surface area contributed by atoms with E-state index in [1.54, 1.807) is 42.5 Å². The van der Waals surface area contributed by atoms with Gasteiger partial charge in [-0.05, 0) is 42.2 Å². The lowest BCUT2D eigenvalue weighted by atomic mass is 9.86. The third kappa shape index (κ3) is 3.22. The lowest BCUT2D eigenvalue weighted by molar-refractivity contribution is -0.135. The molecule has 2 fully saturated rings. The summed E-state index contributed by atoms with van der Waals surface area (Å²) in [5, 5.41) is 9.64. The molecule has 0 aliphatic carbocycles. The van der Waals surface area contributed by atoms with Crippen LogP contribution in [0, 0.1) is 0 Å². The molecule has 1 aromatic carbocycles. The van der Waals surface area contributed by atoms with Crippen LogP contribution in [0.15, 0.2) is 48.8 Å². The number of hydrogen-bond donors (Lipinski definition) is 1. The minimum atomic E-state index is -0.755. The summed E-state index contributed by atoms with van der Waals surface area (Å²) in [6.07, 6.45) is 4.57. The van der Waals surface area contributed by atoms with Gasteiger partial charge < -0.3 is 10.0 Å². The number of hydrogen-bond acceptors (Lipinski definition) is 5. The molecule has 0 saturated carbocycles. The van der Waals surface area contributed by atoms with E-state index in [-0.39, 0.29) is 24.2 Å². The number of likely N-dealkylation sites (N-methyl/N-ethyl adjacent to an activating group) is 1. The molecule has 3 heterocycles. The molecule has 28 heavy (non-hydrogen) atoms. The molecule has 0 atom stereocenters. The minimum Gasteiger partial charge on any atom is -0.508 e. The number of amides is 3. The van der Waals surface area contributed by atoms with Gasteiger partial charge in [0.25, 0.3) is 5.91 Å². The van der Waals surface area contributed by atoms with Crippen LogP contribution < -0.4 is 0 Å². The largest absolute Gasteiger partial charge is 0.508 e. The van der Waals surface area contributed by atoms with Crippen molar-refractivity contribution < 1.29 is 14.7 Å². The van der Waals surface area contributed by atoms with Crippen molar-refractivity contribution in [3.05, 3.63) is 59.9 Å². The highest BCUT2D eigenvalue weighted by atomic mass is 16.3. The summed E-state index contributed by atoms with van der Waals surface area (Å²) in [6.45, 7) is 2.42. The normalized spacial score (nSPS) is 19.6. The first-order chi connectivity index (χ1) is 13.5. The average molecular weight is 380 g/mol. The number of imide groups is 1. The Morgan fingerprint density at radius 3 is 2.50 bits per heavy atom. The van der Waals surface area contributed by atoms with Gasteiger partial charge in [-0.15, -0.1) is 0 Å². The van der Waals surface area contributed by atoms with E-state index < -0.39 is 5.54 Å². The Hall–Kier alpha value is -2.93. The quantitative estimate of drug-likeness (QED) is 0.823. The van der Waals surface area contributed by atoms with Gasteiger partial charge in [-0.25, -0.2) is 4.79 Å². The molecule has 0 radical (unpaired) electrons. The average Bonchev–Trinajstić information content (AvgIpc) is 2.87. The van der Waals surface area contributed by atoms with Gasteiger partial charge in [0.15, 0.2) is 0 Å². The number of likely N-dealkylation sites (tertiary alicyclic amines) is 1. The van der Waals surface area contributed by atoms with E-state index in [4.69, 9.17) is 0 Å². The molecule has 1 N–H and O–H groups in total. The summed E-state index contributed by atoms with van der Waals surface area (Å²) in [5.74, 6) is 0.147. The molecule has 7 nitrogen and oxygen atoms in total. The van der Waals surface area contributed by atoms with Gasteiger partial charge >= 0.3 is 6.03 Å². The molecule has 3 amide bonds. The smallest absolute Gasteiger partial charge is 0.327 e. The lowest BCUT2D eigenvalue weighted by Gasteiger charge is -2.40. The molecule has 2 aliphatic heterocycles. The number of carbonyl (C=O) groups is 2. The van der Waals surface area contributed by atoms with Crippen LogP contribution in [-0.2, 0) is 17.9 Å². The van der Waals surface area contributed by atoms with Crippen LogP contribution in [-0.4, -0.2) is 62.4 Å². The highest BCUT2D eigenvalue weighted by Gasteiger charge is 2.56. The van der Waals surface area contributed by atoms with Crippen molar-refractivity contribution >= 4 is 11.9 Å². The number of rotatable bonds is 4. The summed E-state index contributed by atoms with van der Waals surface area (Å²) >= 11 is 0. The van der Waals surface area contributed by atoms with Gasteiger partial charge in [0.1, 0.15) is 11.3 Å². The number of piperidine rings is 1. The van der Waals surface area contributed by atoms with E-state index in [0.29, 0.717) is 12.8 Å². The standard InChI is InChI=1S/C21H24N4O3/c1-23-20(28)25(15-17-5-3-9-22-13-17)19(27)21(23)7-10-24(11-8-21)14-16-4-2-6-18(26)12-16/h2-6,9,12-13,26H,7-8,10-11,14-15H2,1H3. The fraction of sp³-hybridized carbons (Fsp3) is 0.381. The monoisotopic (exact) mass is 380 g/mol. The van der Waals surface area contributed by atoms with Crippen molar-refractivity contribution in [2.75, 3.05) is 20.1 Å². The van der Waals surface area contributed by atoms with Crippen molar-refractivity contribution in [1.82, 2.24) is 19.7 Å². The first-order valence-corrected chi connectivity index (χ1v) is 9.48. The van der Waals surface area contributed by atoms with Crippen LogP contribution in [0.2, 0.25) is 0 Å². The Balaban J connectivity index is 1.45. The fourth-order valence-electron chi connectivity index (χ4n) is 4.20. The number of aromatic hydroxyl groups is 1. The second-order valence-corrected chi connectivity index (χ2v) is 7.57. The van der Waals surface area contributed by atoms with Crippen LogP contribution in [0.1, 0.15) is 24.0 Å². The number of carbonyl (C=O) groups excluding carboxylic acids is 2. The zero-order chi connectivity index (χ0) is 19.7. The van der Waals surface area contributed by atoms with E-state index in [9.17, 15) is 14.7 Å². The maximum atomic E-state index is 13.2. The van der Waals surface area contributed by atoms with E-state index in [2.05, 4.69) is 9.88 Å². The summed E-state index contributed by atoms with van der Waals surface area (Å²) in [4.78, 5) is 35.3. The molecule has 0 bridgehead atoms.